The number of amides is 1. The summed E-state index contributed by atoms with van der Waals surface area (Å²) in [7, 11) is 0. The highest BCUT2D eigenvalue weighted by Crippen LogP contribution is 2.27. The third kappa shape index (κ3) is 4.61. The number of aromatic nitrogens is 3. The lowest BCUT2D eigenvalue weighted by Crippen LogP contribution is -2.48. The number of piperazine rings is 1. The van der Waals surface area contributed by atoms with E-state index in [0.29, 0.717) is 36.8 Å². The van der Waals surface area contributed by atoms with Crippen molar-refractivity contribution in [1.29, 1.82) is 0 Å². The number of rotatable bonds is 4. The Kier molecular flexibility index (Phi) is 5.98. The molecule has 37 heavy (non-hydrogen) atoms. The number of nitrogen functional groups attached to an aromatic ring is 1. The largest absolute Gasteiger partial charge is 0.383 e. The Bertz CT molecular complexity index is 1610. The maximum absolute atomic E-state index is 13.7. The molecule has 1 aliphatic heterocycles. The highest BCUT2D eigenvalue weighted by atomic mass is 16.2. The van der Waals surface area contributed by atoms with Crippen molar-refractivity contribution in [3.05, 3.63) is 95.8 Å². The Hall–Kier alpha value is -4.36. The molecule has 0 aliphatic carbocycles. The van der Waals surface area contributed by atoms with E-state index in [4.69, 9.17) is 10.7 Å². The fourth-order valence-electron chi connectivity index (χ4n) is 4.93. The fraction of sp³-hybridized carbons (Fsp3) is 0.200. The SMILES string of the molecule is Cc1ccc(-c2cc(C(=O)N3CCN(Cc4nc(N)c5ccccc5n4)CC3)c3ccccc3n2)cc1. The molecular formula is C30H28N6O. The molecule has 184 valence electrons. The number of anilines is 1. The normalized spacial score (nSPS) is 14.4. The van der Waals surface area contributed by atoms with Crippen LogP contribution in [0.3, 0.4) is 0 Å². The second-order valence-corrected chi connectivity index (χ2v) is 9.55. The Morgan fingerprint density at radius 1 is 0.811 bits per heavy atom. The quantitative estimate of drug-likeness (QED) is 0.395. The molecule has 7 nitrogen and oxygen atoms in total. The summed E-state index contributed by atoms with van der Waals surface area (Å²) in [6, 6.07) is 25.8. The van der Waals surface area contributed by atoms with E-state index in [1.165, 1.54) is 5.56 Å². The van der Waals surface area contributed by atoms with Gasteiger partial charge >= 0.3 is 0 Å². The van der Waals surface area contributed by atoms with Gasteiger partial charge in [0, 0.05) is 42.5 Å². The van der Waals surface area contributed by atoms with E-state index in [2.05, 4.69) is 46.1 Å². The van der Waals surface area contributed by atoms with Gasteiger partial charge in [-0.1, -0.05) is 60.2 Å². The number of hydrogen-bond donors (Lipinski definition) is 1. The highest BCUT2D eigenvalue weighted by molar-refractivity contribution is 6.07. The topological polar surface area (TPSA) is 88.2 Å². The average molecular weight is 489 g/mol. The number of nitrogens with two attached hydrogens (primary N) is 1. The summed E-state index contributed by atoms with van der Waals surface area (Å²) < 4.78 is 0. The standard InChI is InChI=1S/C30H28N6O/c1-20-10-12-21(13-11-20)27-18-24(22-6-2-4-8-25(22)32-27)30(37)36-16-14-35(15-17-36)19-28-33-26-9-5-3-7-23(26)29(31)34-28/h2-13,18H,14-17,19H2,1H3,(H2,31,33,34). The number of fused-ring (bicyclic) bond motifs is 2. The van der Waals surface area contributed by atoms with Crippen LogP contribution in [0.5, 0.6) is 0 Å². The average Bonchev–Trinajstić information content (AvgIpc) is 2.93. The van der Waals surface area contributed by atoms with Gasteiger partial charge in [0.25, 0.3) is 5.91 Å². The fourth-order valence-corrected chi connectivity index (χ4v) is 4.93. The lowest BCUT2D eigenvalue weighted by molar-refractivity contribution is 0.0627. The molecule has 6 rings (SSSR count). The van der Waals surface area contributed by atoms with Gasteiger partial charge in [-0.2, -0.15) is 0 Å². The van der Waals surface area contributed by atoms with Crippen molar-refractivity contribution in [3.63, 3.8) is 0 Å². The summed E-state index contributed by atoms with van der Waals surface area (Å²) in [5.74, 6) is 1.25. The van der Waals surface area contributed by atoms with Crippen molar-refractivity contribution < 1.29 is 4.79 Å². The van der Waals surface area contributed by atoms with Crippen molar-refractivity contribution in [1.82, 2.24) is 24.8 Å². The first-order valence-electron chi connectivity index (χ1n) is 12.5. The van der Waals surface area contributed by atoms with Crippen LogP contribution >= 0.6 is 0 Å². The number of carbonyl (C=O) groups excluding carboxylic acids is 1. The minimum atomic E-state index is 0.0396. The van der Waals surface area contributed by atoms with Gasteiger partial charge < -0.3 is 10.6 Å². The summed E-state index contributed by atoms with van der Waals surface area (Å²) in [4.78, 5) is 32.0. The first-order valence-corrected chi connectivity index (χ1v) is 12.5. The maximum Gasteiger partial charge on any atom is 0.254 e. The van der Waals surface area contributed by atoms with E-state index in [1.54, 1.807) is 0 Å². The van der Waals surface area contributed by atoms with Crippen LogP contribution in [0.4, 0.5) is 5.82 Å². The molecule has 3 heterocycles. The van der Waals surface area contributed by atoms with Crippen LogP contribution in [0.1, 0.15) is 21.7 Å². The van der Waals surface area contributed by atoms with Crippen LogP contribution in [0.2, 0.25) is 0 Å². The summed E-state index contributed by atoms with van der Waals surface area (Å²) >= 11 is 0. The van der Waals surface area contributed by atoms with Crippen LogP contribution in [0, 0.1) is 6.92 Å². The Balaban J connectivity index is 1.21. The summed E-state index contributed by atoms with van der Waals surface area (Å²) in [5.41, 5.74) is 11.6. The number of aryl methyl sites for hydroxylation is 1. The summed E-state index contributed by atoms with van der Waals surface area (Å²) in [6.45, 7) is 5.43. The monoisotopic (exact) mass is 488 g/mol. The summed E-state index contributed by atoms with van der Waals surface area (Å²) in [5, 5.41) is 1.75. The lowest BCUT2D eigenvalue weighted by atomic mass is 10.0. The molecule has 0 bridgehead atoms. The molecule has 3 aromatic carbocycles. The second kappa shape index (κ2) is 9.59. The highest BCUT2D eigenvalue weighted by Gasteiger charge is 2.25. The molecule has 0 atom stereocenters. The van der Waals surface area contributed by atoms with Crippen LogP contribution < -0.4 is 5.73 Å². The number of carbonyl (C=O) groups is 1. The minimum Gasteiger partial charge on any atom is -0.383 e. The zero-order valence-corrected chi connectivity index (χ0v) is 20.8. The zero-order valence-electron chi connectivity index (χ0n) is 20.8. The number of para-hydroxylation sites is 2. The molecule has 7 heteroatoms. The molecule has 1 fully saturated rings. The Labute approximate surface area is 215 Å². The van der Waals surface area contributed by atoms with Crippen LogP contribution in [-0.2, 0) is 6.54 Å². The number of benzene rings is 3. The molecule has 0 spiro atoms. The molecule has 2 N–H and O–H groups in total. The molecular weight excluding hydrogens is 460 g/mol. The molecule has 0 saturated carbocycles. The molecule has 1 aliphatic rings. The molecule has 0 radical (unpaired) electrons. The number of hydrogen-bond acceptors (Lipinski definition) is 6. The minimum absolute atomic E-state index is 0.0396. The Morgan fingerprint density at radius 2 is 1.46 bits per heavy atom. The van der Waals surface area contributed by atoms with E-state index >= 15 is 0 Å². The van der Waals surface area contributed by atoms with Gasteiger partial charge in [-0.15, -0.1) is 0 Å². The molecule has 2 aromatic heterocycles. The molecule has 1 saturated heterocycles. The van der Waals surface area contributed by atoms with Crippen molar-refractivity contribution in [2.45, 2.75) is 13.5 Å². The van der Waals surface area contributed by atoms with E-state index < -0.39 is 0 Å². The lowest BCUT2D eigenvalue weighted by Gasteiger charge is -2.34. The van der Waals surface area contributed by atoms with Crippen molar-refractivity contribution >= 4 is 33.5 Å². The van der Waals surface area contributed by atoms with Gasteiger partial charge in [-0.3, -0.25) is 9.69 Å². The predicted molar refractivity (Wildman–Crippen MR) is 147 cm³/mol. The predicted octanol–water partition coefficient (Wildman–Crippen LogP) is 4.69. The third-order valence-corrected chi connectivity index (χ3v) is 7.00. The van der Waals surface area contributed by atoms with Crippen LogP contribution in [-0.4, -0.2) is 56.8 Å². The van der Waals surface area contributed by atoms with Crippen LogP contribution in [0.25, 0.3) is 33.1 Å². The number of pyridine rings is 1. The molecule has 1 amide bonds. The maximum atomic E-state index is 13.7. The van der Waals surface area contributed by atoms with Gasteiger partial charge in [0.05, 0.1) is 28.8 Å². The van der Waals surface area contributed by atoms with Crippen LogP contribution in [0.15, 0.2) is 78.9 Å². The van der Waals surface area contributed by atoms with Crippen molar-refractivity contribution in [2.24, 2.45) is 0 Å². The molecule has 5 aromatic rings. The van der Waals surface area contributed by atoms with Gasteiger partial charge in [0.2, 0.25) is 0 Å². The smallest absolute Gasteiger partial charge is 0.254 e. The Morgan fingerprint density at radius 3 is 2.19 bits per heavy atom. The van der Waals surface area contributed by atoms with E-state index in [0.717, 1.165) is 46.2 Å². The van der Waals surface area contributed by atoms with Crippen molar-refractivity contribution in [2.75, 3.05) is 31.9 Å². The third-order valence-electron chi connectivity index (χ3n) is 7.00. The summed E-state index contributed by atoms with van der Waals surface area (Å²) in [6.07, 6.45) is 0. The van der Waals surface area contributed by atoms with E-state index in [-0.39, 0.29) is 5.91 Å². The first kappa shape index (κ1) is 23.1. The zero-order chi connectivity index (χ0) is 25.4. The second-order valence-electron chi connectivity index (χ2n) is 9.55. The van der Waals surface area contributed by atoms with Gasteiger partial charge in [0.15, 0.2) is 0 Å². The van der Waals surface area contributed by atoms with Gasteiger partial charge in [-0.05, 0) is 31.2 Å². The molecule has 0 unspecified atom stereocenters. The van der Waals surface area contributed by atoms with E-state index in [9.17, 15) is 4.79 Å². The van der Waals surface area contributed by atoms with Crippen molar-refractivity contribution in [3.8, 4) is 11.3 Å². The van der Waals surface area contributed by atoms with Gasteiger partial charge in [-0.25, -0.2) is 15.0 Å². The first-order chi connectivity index (χ1) is 18.0. The van der Waals surface area contributed by atoms with Gasteiger partial charge in [0.1, 0.15) is 11.6 Å². The van der Waals surface area contributed by atoms with E-state index in [1.807, 2.05) is 59.5 Å². The number of nitrogens with zero attached hydrogens (tertiary/aromatic N) is 5.